The van der Waals surface area contributed by atoms with Crippen molar-refractivity contribution in [2.24, 2.45) is 0 Å². The van der Waals surface area contributed by atoms with Gasteiger partial charge in [-0.05, 0) is 129 Å². The Morgan fingerprint density at radius 1 is 0.257 bits per heavy atom. The summed E-state index contributed by atoms with van der Waals surface area (Å²) in [4.78, 5) is 4.71. The summed E-state index contributed by atoms with van der Waals surface area (Å²) in [5.41, 5.74) is 19.4. The van der Waals surface area contributed by atoms with Gasteiger partial charge in [-0.25, -0.2) is 0 Å². The van der Waals surface area contributed by atoms with Crippen molar-refractivity contribution in [3.63, 3.8) is 0 Å². The maximum atomic E-state index is 6.91. The smallest absolute Gasteiger partial charge is 0.143 e. The lowest BCUT2D eigenvalue weighted by molar-refractivity contribution is 0.487. The summed E-state index contributed by atoms with van der Waals surface area (Å²) in [6.07, 6.45) is 0. The van der Waals surface area contributed by atoms with Crippen molar-refractivity contribution >= 4 is 66.8 Å². The van der Waals surface area contributed by atoms with E-state index in [1.165, 1.54) is 27.8 Å². The van der Waals surface area contributed by atoms with Gasteiger partial charge in [0.2, 0.25) is 0 Å². The van der Waals surface area contributed by atoms with Crippen molar-refractivity contribution in [2.45, 2.75) is 0 Å². The molecule has 74 heavy (non-hydrogen) atoms. The number of nitrogens with zero attached hydrogens (tertiary/aromatic N) is 2. The van der Waals surface area contributed by atoms with E-state index in [0.717, 1.165) is 106 Å². The summed E-state index contributed by atoms with van der Waals surface area (Å²) in [6.45, 7) is 0. The third-order valence-electron chi connectivity index (χ3n) is 14.5. The van der Waals surface area contributed by atoms with Gasteiger partial charge in [-0.1, -0.05) is 194 Å². The molecule has 0 amide bonds. The molecule has 12 aromatic carbocycles. The minimum Gasteiger partial charge on any atom is -0.456 e. The molecule has 1 aliphatic rings. The minimum absolute atomic E-state index is 0.823. The van der Waals surface area contributed by atoms with Gasteiger partial charge in [0.05, 0.1) is 5.69 Å². The lowest BCUT2D eigenvalue weighted by Crippen LogP contribution is -2.12. The topological polar surface area (TPSA) is 28.9 Å². The molecule has 1 aromatic heterocycles. The molecule has 4 heteroatoms. The Morgan fingerprint density at radius 2 is 0.689 bits per heavy atom. The normalized spacial score (nSPS) is 11.6. The van der Waals surface area contributed by atoms with E-state index in [1.54, 1.807) is 0 Å². The van der Waals surface area contributed by atoms with Crippen LogP contribution in [0.5, 0.6) is 11.5 Å². The molecule has 0 unspecified atom stereocenters. The first-order valence-electron chi connectivity index (χ1n) is 25.1. The molecule has 1 aliphatic heterocycles. The second kappa shape index (κ2) is 18.1. The molecule has 0 radical (unpaired) electrons. The molecule has 14 rings (SSSR count). The molecule has 0 aliphatic carbocycles. The van der Waals surface area contributed by atoms with Crippen LogP contribution in [0.2, 0.25) is 0 Å². The van der Waals surface area contributed by atoms with Crippen molar-refractivity contribution < 1.29 is 9.15 Å². The highest BCUT2D eigenvalue weighted by molar-refractivity contribution is 6.12. The van der Waals surface area contributed by atoms with Gasteiger partial charge in [-0.2, -0.15) is 0 Å². The first kappa shape index (κ1) is 42.9. The van der Waals surface area contributed by atoms with Crippen molar-refractivity contribution in [1.82, 2.24) is 0 Å². The van der Waals surface area contributed by atoms with Crippen molar-refractivity contribution in [1.29, 1.82) is 0 Å². The van der Waals surface area contributed by atoms with Crippen LogP contribution in [0.15, 0.2) is 283 Å². The minimum atomic E-state index is 0.823. The molecule has 4 nitrogen and oxygen atoms in total. The number of furan rings is 1. The number of hydrogen-bond acceptors (Lipinski definition) is 4. The average molecular weight is 947 g/mol. The summed E-state index contributed by atoms with van der Waals surface area (Å²) in [5.74, 6) is 1.65. The largest absolute Gasteiger partial charge is 0.456 e. The van der Waals surface area contributed by atoms with Gasteiger partial charge in [0.1, 0.15) is 22.7 Å². The van der Waals surface area contributed by atoms with E-state index in [9.17, 15) is 0 Å². The Hall–Kier alpha value is -9.90. The molecule has 0 N–H and O–H groups in total. The highest BCUT2D eigenvalue weighted by Crippen LogP contribution is 2.52. The van der Waals surface area contributed by atoms with E-state index in [1.807, 2.05) is 12.1 Å². The maximum Gasteiger partial charge on any atom is 0.143 e. The van der Waals surface area contributed by atoms with E-state index >= 15 is 0 Å². The lowest BCUT2D eigenvalue weighted by Gasteiger charge is -2.30. The number of para-hydroxylation sites is 2. The third kappa shape index (κ3) is 7.56. The molecule has 0 bridgehead atoms. The molecular weight excluding hydrogens is 901 g/mol. The monoisotopic (exact) mass is 946 g/mol. The molecule has 348 valence electrons. The fourth-order valence-electron chi connectivity index (χ4n) is 10.9. The van der Waals surface area contributed by atoms with Crippen LogP contribution in [0.25, 0.3) is 88.3 Å². The zero-order valence-electron chi connectivity index (χ0n) is 40.3. The van der Waals surface area contributed by atoms with Crippen LogP contribution in [0.1, 0.15) is 0 Å². The number of benzene rings is 12. The van der Waals surface area contributed by atoms with E-state index in [0.29, 0.717) is 0 Å². The van der Waals surface area contributed by atoms with E-state index in [4.69, 9.17) is 9.15 Å². The quantitative estimate of drug-likeness (QED) is 0.137. The molecule has 2 heterocycles. The fourth-order valence-corrected chi connectivity index (χ4v) is 10.9. The number of rotatable bonds is 10. The first-order chi connectivity index (χ1) is 36.7. The molecular formula is C70H46N2O2. The zero-order chi connectivity index (χ0) is 49.0. The van der Waals surface area contributed by atoms with Crippen molar-refractivity contribution in [3.05, 3.63) is 279 Å². The number of anilines is 6. The SMILES string of the molecule is c1ccc(-c2ccc(N(c3ccc(-c4ccccc4)cc3)c3ccc4c(c3)-c3cccc5c(N(c6ccc(-c7ccccc7)cc6)c6ccc(-c7cccc8c7oc7ccccc78)cc6)ccc(c35)O4)cc2)cc1. The van der Waals surface area contributed by atoms with Gasteiger partial charge >= 0.3 is 0 Å². The van der Waals surface area contributed by atoms with Gasteiger partial charge < -0.3 is 19.0 Å². The van der Waals surface area contributed by atoms with Crippen LogP contribution >= 0.6 is 0 Å². The fraction of sp³-hybridized carbons (Fsp3) is 0. The van der Waals surface area contributed by atoms with E-state index < -0.39 is 0 Å². The maximum absolute atomic E-state index is 6.91. The average Bonchev–Trinajstić information content (AvgIpc) is 3.87. The van der Waals surface area contributed by atoms with Crippen molar-refractivity contribution in [3.8, 4) is 67.1 Å². The summed E-state index contributed by atoms with van der Waals surface area (Å²) in [6, 6.07) is 99.4. The van der Waals surface area contributed by atoms with E-state index in [-0.39, 0.29) is 0 Å². The van der Waals surface area contributed by atoms with Crippen LogP contribution in [-0.4, -0.2) is 0 Å². The van der Waals surface area contributed by atoms with Crippen LogP contribution < -0.4 is 14.5 Å². The van der Waals surface area contributed by atoms with Crippen LogP contribution in [0.4, 0.5) is 34.1 Å². The Bertz CT molecular complexity index is 4090. The number of hydrogen-bond donors (Lipinski definition) is 0. The molecule has 0 spiro atoms. The standard InChI is InChI=1S/C70H46N2O2/c1-4-14-47(15-5-1)50-26-34-54(35-27-50)71(55-36-28-51(29-37-55)48-16-6-2-7-17-48)58-42-44-67-64(46-58)61-22-13-24-63-65(43-45-68(73-67)69(61)63)72(56-38-30-52(31-39-56)49-18-8-3-9-19-49)57-40-32-53(33-41-57)59-21-12-23-62-60-20-10-11-25-66(60)74-70(59)62/h1-46H. The van der Waals surface area contributed by atoms with Crippen LogP contribution in [0, 0.1) is 0 Å². The Labute approximate surface area is 429 Å². The number of ether oxygens (including phenoxy) is 1. The predicted molar refractivity (Wildman–Crippen MR) is 308 cm³/mol. The second-order valence-corrected chi connectivity index (χ2v) is 18.8. The van der Waals surface area contributed by atoms with Gasteiger partial charge in [0.25, 0.3) is 0 Å². The van der Waals surface area contributed by atoms with E-state index in [2.05, 4.69) is 277 Å². The highest BCUT2D eigenvalue weighted by atomic mass is 16.5. The van der Waals surface area contributed by atoms with Crippen molar-refractivity contribution in [2.75, 3.05) is 9.80 Å². The zero-order valence-corrected chi connectivity index (χ0v) is 40.3. The molecule has 0 saturated carbocycles. The van der Waals surface area contributed by atoms with Gasteiger partial charge in [-0.3, -0.25) is 0 Å². The Kier molecular flexibility index (Phi) is 10.5. The summed E-state index contributed by atoms with van der Waals surface area (Å²) in [5, 5.41) is 4.39. The first-order valence-corrected chi connectivity index (χ1v) is 25.1. The predicted octanol–water partition coefficient (Wildman–Crippen LogP) is 20.1. The highest BCUT2D eigenvalue weighted by Gasteiger charge is 2.26. The summed E-state index contributed by atoms with van der Waals surface area (Å²) in [7, 11) is 0. The molecule has 0 saturated heterocycles. The lowest BCUT2D eigenvalue weighted by atomic mass is 9.93. The van der Waals surface area contributed by atoms with Crippen LogP contribution in [-0.2, 0) is 0 Å². The van der Waals surface area contributed by atoms with Gasteiger partial charge in [0.15, 0.2) is 0 Å². The summed E-state index contributed by atoms with van der Waals surface area (Å²) < 4.78 is 13.4. The van der Waals surface area contributed by atoms with Crippen LogP contribution in [0.3, 0.4) is 0 Å². The summed E-state index contributed by atoms with van der Waals surface area (Å²) >= 11 is 0. The molecule has 0 atom stereocenters. The third-order valence-corrected chi connectivity index (χ3v) is 14.5. The molecule has 0 fully saturated rings. The van der Waals surface area contributed by atoms with Gasteiger partial charge in [0, 0.05) is 61.1 Å². The number of fused-ring (bicyclic) bond motifs is 5. The second-order valence-electron chi connectivity index (χ2n) is 18.8. The Morgan fingerprint density at radius 3 is 1.26 bits per heavy atom. The molecule has 13 aromatic rings. The Balaban J connectivity index is 0.886. The van der Waals surface area contributed by atoms with Gasteiger partial charge in [-0.15, -0.1) is 0 Å².